The first-order valence-electron chi connectivity index (χ1n) is 8.57. The summed E-state index contributed by atoms with van der Waals surface area (Å²) < 4.78 is 9.53. The van der Waals surface area contributed by atoms with E-state index in [1.807, 2.05) is 20.8 Å². The molecule has 2 rings (SSSR count). The van der Waals surface area contributed by atoms with Gasteiger partial charge in [-0.3, -0.25) is 14.8 Å². The lowest BCUT2D eigenvalue weighted by Gasteiger charge is -2.30. The maximum absolute atomic E-state index is 12.1. The number of hydrogen-bond acceptors (Lipinski definition) is 6. The van der Waals surface area contributed by atoms with Crippen molar-refractivity contribution in [3.05, 3.63) is 13.2 Å². The summed E-state index contributed by atoms with van der Waals surface area (Å²) in [4.78, 5) is 33.1. The summed E-state index contributed by atoms with van der Waals surface area (Å²) >= 11 is 0. The predicted octanol–water partition coefficient (Wildman–Crippen LogP) is 3.38. The molecule has 0 aromatic heterocycles. The monoisotopic (exact) mass is 376 g/mol. The lowest BCUT2D eigenvalue weighted by atomic mass is 10.2. The van der Waals surface area contributed by atoms with Gasteiger partial charge < -0.3 is 14.4 Å². The van der Waals surface area contributed by atoms with Crippen molar-refractivity contribution in [1.82, 2.24) is 9.99 Å². The molecule has 1 saturated carbocycles. The Hall–Kier alpha value is -1.17. The number of carbonyl (C=O) groups excluding carboxylic acids is 2. The van der Waals surface area contributed by atoms with E-state index in [0.29, 0.717) is 25.7 Å². The fraction of sp³-hybridized carbons (Fsp3) is 0.765. The Morgan fingerprint density at radius 1 is 1.36 bits per heavy atom. The fourth-order valence-electron chi connectivity index (χ4n) is 2.09. The van der Waals surface area contributed by atoms with Gasteiger partial charge in [-0.2, -0.15) is 0 Å². The van der Waals surface area contributed by atoms with Crippen LogP contribution in [0, 0.1) is 0 Å². The van der Waals surface area contributed by atoms with Crippen molar-refractivity contribution >= 4 is 20.9 Å². The standard InChI is InChI=1S/C12H23N2O3P.C3H6O2.C2H4/c1-12(2,3)17-11(15)14-8-4-5-10(14)18(16)13-9-6-7-9;1-2-5-3-4;1-2/h9-10,13,16H,4-8H2,1-3H3;3H,2H2,1H3;1-2H2. The molecular weight excluding hydrogens is 343 g/mol. The molecule has 2 aliphatic rings. The number of rotatable bonds is 5. The van der Waals surface area contributed by atoms with Crippen LogP contribution in [0.2, 0.25) is 0 Å². The molecule has 2 N–H and O–H groups in total. The Balaban J connectivity index is 0.000000710. The summed E-state index contributed by atoms with van der Waals surface area (Å²) in [5.74, 6) is -0.0875. The summed E-state index contributed by atoms with van der Waals surface area (Å²) in [6, 6.07) is 0.460. The van der Waals surface area contributed by atoms with Gasteiger partial charge in [0.15, 0.2) is 0 Å². The van der Waals surface area contributed by atoms with Gasteiger partial charge in [0, 0.05) is 12.6 Å². The van der Waals surface area contributed by atoms with Crippen LogP contribution in [-0.4, -0.2) is 52.9 Å². The zero-order chi connectivity index (χ0) is 19.5. The van der Waals surface area contributed by atoms with Gasteiger partial charge in [0.05, 0.1) is 12.4 Å². The average Bonchev–Trinajstić information content (AvgIpc) is 3.20. The minimum Gasteiger partial charge on any atom is -0.468 e. The van der Waals surface area contributed by atoms with Crippen LogP contribution in [0.3, 0.4) is 0 Å². The topological polar surface area (TPSA) is 88.1 Å². The molecule has 0 aromatic rings. The second-order valence-electron chi connectivity index (χ2n) is 6.60. The summed E-state index contributed by atoms with van der Waals surface area (Å²) in [5.41, 5.74) is -0.480. The molecule has 8 heteroatoms. The van der Waals surface area contributed by atoms with Crippen molar-refractivity contribution in [3.63, 3.8) is 0 Å². The largest absolute Gasteiger partial charge is 0.468 e. The molecule has 2 atom stereocenters. The average molecular weight is 376 g/mol. The van der Waals surface area contributed by atoms with Crippen LogP contribution in [0.25, 0.3) is 0 Å². The van der Waals surface area contributed by atoms with Gasteiger partial charge in [-0.05, 0) is 53.4 Å². The summed E-state index contributed by atoms with van der Waals surface area (Å²) in [6.45, 7) is 14.9. The first kappa shape index (κ1) is 23.8. The first-order chi connectivity index (χ1) is 11.8. The molecular formula is C17H33N2O5P. The third-order valence-corrected chi connectivity index (χ3v) is 4.99. The minimum absolute atomic E-state index is 0.0875. The third-order valence-electron chi connectivity index (χ3n) is 3.26. The Morgan fingerprint density at radius 3 is 2.36 bits per heavy atom. The second kappa shape index (κ2) is 12.2. The maximum Gasteiger partial charge on any atom is 0.410 e. The van der Waals surface area contributed by atoms with Crippen LogP contribution in [0.1, 0.15) is 53.4 Å². The van der Waals surface area contributed by atoms with Crippen molar-refractivity contribution < 1.29 is 24.0 Å². The predicted molar refractivity (Wildman–Crippen MR) is 100 cm³/mol. The van der Waals surface area contributed by atoms with E-state index in [9.17, 15) is 14.5 Å². The van der Waals surface area contributed by atoms with E-state index >= 15 is 0 Å². The number of carbonyl (C=O) groups is 2. The Kier molecular flexibility index (Phi) is 11.7. The highest BCUT2D eigenvalue weighted by Gasteiger charge is 2.38. The van der Waals surface area contributed by atoms with Crippen molar-refractivity contribution in [2.75, 3.05) is 13.2 Å². The SMILES string of the molecule is C=C.CC(C)(C)OC(=O)N1CCCC1P(O)NC1CC1.CCOC=O. The highest BCUT2D eigenvalue weighted by Crippen LogP contribution is 2.44. The second-order valence-corrected chi connectivity index (χ2v) is 8.14. The van der Waals surface area contributed by atoms with Gasteiger partial charge in [-0.15, -0.1) is 13.2 Å². The van der Waals surface area contributed by atoms with E-state index in [1.165, 1.54) is 0 Å². The van der Waals surface area contributed by atoms with E-state index in [-0.39, 0.29) is 11.9 Å². The molecule has 25 heavy (non-hydrogen) atoms. The van der Waals surface area contributed by atoms with E-state index < -0.39 is 13.9 Å². The molecule has 146 valence electrons. The van der Waals surface area contributed by atoms with Gasteiger partial charge in [-0.1, -0.05) is 0 Å². The molecule has 1 aliphatic heterocycles. The number of likely N-dealkylation sites (tertiary alicyclic amines) is 1. The van der Waals surface area contributed by atoms with E-state index in [4.69, 9.17) is 4.74 Å². The van der Waals surface area contributed by atoms with Crippen LogP contribution in [0.5, 0.6) is 0 Å². The van der Waals surface area contributed by atoms with Crippen LogP contribution < -0.4 is 5.09 Å². The summed E-state index contributed by atoms with van der Waals surface area (Å²) in [5, 5.41) is 3.21. The van der Waals surface area contributed by atoms with Crippen LogP contribution in [0.15, 0.2) is 13.2 Å². The van der Waals surface area contributed by atoms with E-state index in [2.05, 4.69) is 23.0 Å². The number of amides is 1. The van der Waals surface area contributed by atoms with Crippen molar-refractivity contribution in [2.24, 2.45) is 0 Å². The first-order valence-corrected chi connectivity index (χ1v) is 9.94. The summed E-state index contributed by atoms with van der Waals surface area (Å²) in [7, 11) is -1.30. The molecule has 2 fully saturated rings. The zero-order valence-corrected chi connectivity index (χ0v) is 16.8. The molecule has 1 heterocycles. The van der Waals surface area contributed by atoms with Gasteiger partial charge in [0.1, 0.15) is 13.9 Å². The molecule has 0 radical (unpaired) electrons. The lowest BCUT2D eigenvalue weighted by Crippen LogP contribution is -2.40. The quantitative estimate of drug-likeness (QED) is 0.434. The van der Waals surface area contributed by atoms with Crippen LogP contribution in [-0.2, 0) is 14.3 Å². The third kappa shape index (κ3) is 10.4. The van der Waals surface area contributed by atoms with E-state index in [0.717, 1.165) is 25.7 Å². The molecule has 1 amide bonds. The van der Waals surface area contributed by atoms with Crippen LogP contribution >= 0.6 is 8.30 Å². The molecule has 7 nitrogen and oxygen atoms in total. The fourth-order valence-corrected chi connectivity index (χ4v) is 3.80. The molecule has 1 saturated heterocycles. The smallest absolute Gasteiger partial charge is 0.410 e. The zero-order valence-electron chi connectivity index (χ0n) is 15.9. The molecule has 0 spiro atoms. The van der Waals surface area contributed by atoms with Crippen molar-refractivity contribution in [2.45, 2.75) is 70.8 Å². The molecule has 0 aromatic carbocycles. The molecule has 0 bridgehead atoms. The van der Waals surface area contributed by atoms with Crippen molar-refractivity contribution in [1.29, 1.82) is 0 Å². The molecule has 1 aliphatic carbocycles. The minimum atomic E-state index is -1.30. The highest BCUT2D eigenvalue weighted by atomic mass is 31.2. The van der Waals surface area contributed by atoms with E-state index in [1.54, 1.807) is 11.8 Å². The lowest BCUT2D eigenvalue weighted by molar-refractivity contribution is -0.128. The van der Waals surface area contributed by atoms with Gasteiger partial charge in [-0.25, -0.2) is 4.79 Å². The number of hydrogen-bond donors (Lipinski definition) is 2. The Morgan fingerprint density at radius 2 is 1.96 bits per heavy atom. The van der Waals surface area contributed by atoms with Gasteiger partial charge >= 0.3 is 6.09 Å². The Bertz CT molecular complexity index is 399. The number of ether oxygens (including phenoxy) is 2. The highest BCUT2D eigenvalue weighted by molar-refractivity contribution is 7.50. The Labute approximate surface area is 152 Å². The number of nitrogens with one attached hydrogen (secondary N) is 1. The van der Waals surface area contributed by atoms with Crippen molar-refractivity contribution in [3.8, 4) is 0 Å². The summed E-state index contributed by atoms with van der Waals surface area (Å²) in [6.07, 6.45) is 3.78. The maximum atomic E-state index is 12.1. The normalized spacial score (nSPS) is 20.4. The number of nitrogens with zero attached hydrogens (tertiary/aromatic N) is 1. The van der Waals surface area contributed by atoms with Gasteiger partial charge in [0.25, 0.3) is 6.47 Å². The van der Waals surface area contributed by atoms with Crippen LogP contribution in [0.4, 0.5) is 4.79 Å². The van der Waals surface area contributed by atoms with Gasteiger partial charge in [0.2, 0.25) is 0 Å². The molecule has 2 unspecified atom stereocenters.